The van der Waals surface area contributed by atoms with Crippen LogP contribution in [0.25, 0.3) is 0 Å². The fourth-order valence-corrected chi connectivity index (χ4v) is 5.02. The van der Waals surface area contributed by atoms with E-state index in [-0.39, 0.29) is 29.7 Å². The van der Waals surface area contributed by atoms with E-state index in [2.05, 4.69) is 15.4 Å². The molecule has 1 fully saturated rings. The molecule has 1 heterocycles. The molecule has 0 bridgehead atoms. The standard InChI is InChI=1S/C24H33N3O6S/c1-17(2)26-24(29)25-15-14-20-10-13-22(23(16-28)33-20)27-34(30,31)21-11-8-19(9-12-21)32-18-6-4-3-5-7-18/h3-9,11-12,17,20,22-23,27-28H,10,13-16H2,1-2H3,(H2,25,26,29)/t20-,22-,23+/m1/s1. The minimum absolute atomic E-state index is 0.0473. The smallest absolute Gasteiger partial charge is 0.314 e. The van der Waals surface area contributed by atoms with E-state index >= 15 is 0 Å². The van der Waals surface area contributed by atoms with Crippen LogP contribution < -0.4 is 20.1 Å². The van der Waals surface area contributed by atoms with Gasteiger partial charge in [0.1, 0.15) is 11.5 Å². The fourth-order valence-electron chi connectivity index (χ4n) is 3.72. The van der Waals surface area contributed by atoms with Crippen LogP contribution in [0.1, 0.15) is 33.1 Å². The molecule has 1 saturated heterocycles. The Morgan fingerprint density at radius 1 is 1.09 bits per heavy atom. The number of aliphatic hydroxyl groups excluding tert-OH is 1. The van der Waals surface area contributed by atoms with E-state index < -0.39 is 22.2 Å². The Labute approximate surface area is 200 Å². The second-order valence-electron chi connectivity index (χ2n) is 8.51. The third-order valence-corrected chi connectivity index (χ3v) is 6.89. The van der Waals surface area contributed by atoms with Crippen LogP contribution in [0.15, 0.2) is 59.5 Å². The van der Waals surface area contributed by atoms with E-state index in [0.717, 1.165) is 0 Å². The number of aliphatic hydroxyl groups is 1. The lowest BCUT2D eigenvalue weighted by Gasteiger charge is -2.36. The van der Waals surface area contributed by atoms with Crippen molar-refractivity contribution in [2.45, 2.75) is 62.3 Å². The number of amides is 2. The molecular formula is C24H33N3O6S. The van der Waals surface area contributed by atoms with E-state index in [1.165, 1.54) is 12.1 Å². The Bertz CT molecular complexity index is 1010. The van der Waals surface area contributed by atoms with Crippen molar-refractivity contribution in [1.82, 2.24) is 15.4 Å². The number of carbonyl (C=O) groups is 1. The predicted molar refractivity (Wildman–Crippen MR) is 128 cm³/mol. The van der Waals surface area contributed by atoms with E-state index in [9.17, 15) is 18.3 Å². The summed E-state index contributed by atoms with van der Waals surface area (Å²) in [5.41, 5.74) is 0. The predicted octanol–water partition coefficient (Wildman–Crippen LogP) is 2.76. The largest absolute Gasteiger partial charge is 0.457 e. The molecule has 1 aliphatic heterocycles. The number of nitrogens with one attached hydrogen (secondary N) is 3. The lowest BCUT2D eigenvalue weighted by atomic mass is 9.98. The number of benzene rings is 2. The zero-order valence-electron chi connectivity index (χ0n) is 19.4. The fraction of sp³-hybridized carbons (Fsp3) is 0.458. The Kier molecular flexibility index (Phi) is 9.28. The van der Waals surface area contributed by atoms with Crippen molar-refractivity contribution in [3.8, 4) is 11.5 Å². The van der Waals surface area contributed by atoms with E-state index in [4.69, 9.17) is 9.47 Å². The zero-order chi connectivity index (χ0) is 24.6. The summed E-state index contributed by atoms with van der Waals surface area (Å²) in [6.07, 6.45) is 0.860. The van der Waals surface area contributed by atoms with Crippen LogP contribution >= 0.6 is 0 Å². The normalized spacial score (nSPS) is 20.6. The van der Waals surface area contributed by atoms with Crippen molar-refractivity contribution in [2.24, 2.45) is 0 Å². The molecular weight excluding hydrogens is 458 g/mol. The maximum Gasteiger partial charge on any atom is 0.314 e. The third kappa shape index (κ3) is 7.69. The summed E-state index contributed by atoms with van der Waals surface area (Å²) in [4.78, 5) is 11.8. The lowest BCUT2D eigenvalue weighted by molar-refractivity contribution is -0.0871. The Balaban J connectivity index is 1.52. The van der Waals surface area contributed by atoms with Crippen molar-refractivity contribution < 1.29 is 27.8 Å². The van der Waals surface area contributed by atoms with Crippen LogP contribution in [0.5, 0.6) is 11.5 Å². The average Bonchev–Trinajstić information content (AvgIpc) is 2.80. The van der Waals surface area contributed by atoms with Crippen molar-refractivity contribution in [3.63, 3.8) is 0 Å². The number of hydrogen-bond donors (Lipinski definition) is 4. The first kappa shape index (κ1) is 26.0. The molecule has 10 heteroatoms. The summed E-state index contributed by atoms with van der Waals surface area (Å²) < 4.78 is 40.1. The molecule has 0 spiro atoms. The molecule has 34 heavy (non-hydrogen) atoms. The maximum absolute atomic E-state index is 12.9. The lowest BCUT2D eigenvalue weighted by Crippen LogP contribution is -2.51. The van der Waals surface area contributed by atoms with Gasteiger partial charge in [0, 0.05) is 12.6 Å². The van der Waals surface area contributed by atoms with Gasteiger partial charge in [-0.2, -0.15) is 0 Å². The summed E-state index contributed by atoms with van der Waals surface area (Å²) in [5, 5.41) is 15.3. The highest BCUT2D eigenvalue weighted by atomic mass is 32.2. The van der Waals surface area contributed by atoms with Crippen LogP contribution in [-0.2, 0) is 14.8 Å². The van der Waals surface area contributed by atoms with Gasteiger partial charge in [-0.1, -0.05) is 18.2 Å². The first-order chi connectivity index (χ1) is 16.3. The highest BCUT2D eigenvalue weighted by molar-refractivity contribution is 7.89. The first-order valence-electron chi connectivity index (χ1n) is 11.4. The molecule has 0 saturated carbocycles. The van der Waals surface area contributed by atoms with Crippen LogP contribution in [-0.4, -0.2) is 57.0 Å². The molecule has 9 nitrogen and oxygen atoms in total. The second-order valence-corrected chi connectivity index (χ2v) is 10.2. The molecule has 186 valence electrons. The monoisotopic (exact) mass is 491 g/mol. The van der Waals surface area contributed by atoms with Gasteiger partial charge >= 0.3 is 6.03 Å². The summed E-state index contributed by atoms with van der Waals surface area (Å²) in [5.74, 6) is 1.18. The summed E-state index contributed by atoms with van der Waals surface area (Å²) >= 11 is 0. The topological polar surface area (TPSA) is 126 Å². The molecule has 3 atom stereocenters. The maximum atomic E-state index is 12.9. The molecule has 3 rings (SSSR count). The molecule has 4 N–H and O–H groups in total. The van der Waals surface area contributed by atoms with Crippen LogP contribution in [0, 0.1) is 0 Å². The highest BCUT2D eigenvalue weighted by Crippen LogP contribution is 2.25. The van der Waals surface area contributed by atoms with Gasteiger partial charge in [0.05, 0.1) is 29.8 Å². The molecule has 2 amide bonds. The van der Waals surface area contributed by atoms with Crippen molar-refractivity contribution in [3.05, 3.63) is 54.6 Å². The van der Waals surface area contributed by atoms with Gasteiger partial charge in [-0.3, -0.25) is 0 Å². The van der Waals surface area contributed by atoms with Gasteiger partial charge in [-0.05, 0) is 69.5 Å². The van der Waals surface area contributed by atoms with E-state index in [1.807, 2.05) is 44.2 Å². The first-order valence-corrected chi connectivity index (χ1v) is 12.9. The number of ether oxygens (including phenoxy) is 2. The number of sulfonamides is 1. The quantitative estimate of drug-likeness (QED) is 0.405. The molecule has 0 aliphatic carbocycles. The SMILES string of the molecule is CC(C)NC(=O)NCC[C@H]1CC[C@@H](NS(=O)(=O)c2ccc(Oc3ccccc3)cc2)[C@H](CO)O1. The Morgan fingerprint density at radius 2 is 1.76 bits per heavy atom. The molecule has 2 aromatic carbocycles. The van der Waals surface area contributed by atoms with Crippen molar-refractivity contribution >= 4 is 16.1 Å². The van der Waals surface area contributed by atoms with Gasteiger partial charge in [0.2, 0.25) is 10.0 Å². The van der Waals surface area contributed by atoms with Gasteiger partial charge in [0.25, 0.3) is 0 Å². The number of carbonyl (C=O) groups excluding carboxylic acids is 1. The Morgan fingerprint density at radius 3 is 2.41 bits per heavy atom. The highest BCUT2D eigenvalue weighted by Gasteiger charge is 2.33. The summed E-state index contributed by atoms with van der Waals surface area (Å²) in [6, 6.07) is 14.6. The van der Waals surface area contributed by atoms with Crippen molar-refractivity contribution in [1.29, 1.82) is 0 Å². The number of rotatable bonds is 10. The second kappa shape index (κ2) is 12.2. The molecule has 0 radical (unpaired) electrons. The number of para-hydroxylation sites is 1. The van der Waals surface area contributed by atoms with E-state index in [0.29, 0.717) is 37.3 Å². The molecule has 1 aliphatic rings. The van der Waals surface area contributed by atoms with Crippen molar-refractivity contribution in [2.75, 3.05) is 13.2 Å². The Hall–Kier alpha value is -2.66. The molecule has 2 aromatic rings. The van der Waals surface area contributed by atoms with Crippen LogP contribution in [0.2, 0.25) is 0 Å². The van der Waals surface area contributed by atoms with Gasteiger partial charge in [0.15, 0.2) is 0 Å². The third-order valence-electron chi connectivity index (χ3n) is 5.39. The van der Waals surface area contributed by atoms with Gasteiger partial charge in [-0.25, -0.2) is 17.9 Å². The minimum atomic E-state index is -3.81. The molecule has 0 aromatic heterocycles. The van der Waals surface area contributed by atoms with E-state index in [1.54, 1.807) is 12.1 Å². The number of urea groups is 1. The van der Waals surface area contributed by atoms with Crippen LogP contribution in [0.4, 0.5) is 4.79 Å². The molecule has 0 unspecified atom stereocenters. The summed E-state index contributed by atoms with van der Waals surface area (Å²) in [7, 11) is -3.81. The van der Waals surface area contributed by atoms with Crippen LogP contribution in [0.3, 0.4) is 0 Å². The van der Waals surface area contributed by atoms with Gasteiger partial charge < -0.3 is 25.2 Å². The summed E-state index contributed by atoms with van der Waals surface area (Å²) in [6.45, 7) is 3.87. The zero-order valence-corrected chi connectivity index (χ0v) is 20.3. The minimum Gasteiger partial charge on any atom is -0.457 e. The van der Waals surface area contributed by atoms with Gasteiger partial charge in [-0.15, -0.1) is 0 Å². The number of hydrogen-bond acceptors (Lipinski definition) is 6. The average molecular weight is 492 g/mol.